The quantitative estimate of drug-likeness (QED) is 0.692. The minimum absolute atomic E-state index is 0.377. The van der Waals surface area contributed by atoms with Gasteiger partial charge >= 0.3 is 0 Å². The molecule has 1 aliphatic heterocycles. The Labute approximate surface area is 104 Å². The van der Waals surface area contributed by atoms with Gasteiger partial charge in [-0.3, -0.25) is 0 Å². The maximum Gasteiger partial charge on any atom is 0.281 e. The van der Waals surface area contributed by atoms with Crippen molar-refractivity contribution < 1.29 is 13.5 Å². The summed E-state index contributed by atoms with van der Waals surface area (Å²) in [5.41, 5.74) is 4.63. The fourth-order valence-corrected chi connectivity index (χ4v) is 3.22. The first-order chi connectivity index (χ1) is 7.79. The number of nitrogens with two attached hydrogens (primary N) is 1. The Bertz CT molecular complexity index is 333. The molecule has 0 atom stereocenters. The molecule has 0 aromatic rings. The SMILES string of the molecule is CN(CCCN)S(=O)(=O)N1CCC(C)(O)CC1. The van der Waals surface area contributed by atoms with Crippen molar-refractivity contribution >= 4 is 10.2 Å². The van der Waals surface area contributed by atoms with Crippen molar-refractivity contribution in [3.8, 4) is 0 Å². The van der Waals surface area contributed by atoms with Crippen LogP contribution in [0.1, 0.15) is 26.2 Å². The van der Waals surface area contributed by atoms with E-state index in [1.807, 2.05) is 0 Å². The second-order valence-corrected chi connectivity index (χ2v) is 6.90. The molecule has 1 fully saturated rings. The van der Waals surface area contributed by atoms with Crippen molar-refractivity contribution in [2.45, 2.75) is 31.8 Å². The average molecular weight is 265 g/mol. The summed E-state index contributed by atoms with van der Waals surface area (Å²) in [7, 11) is -1.82. The number of hydrogen-bond acceptors (Lipinski definition) is 4. The Morgan fingerprint density at radius 3 is 2.41 bits per heavy atom. The molecule has 7 heteroatoms. The topological polar surface area (TPSA) is 86.9 Å². The molecule has 1 rings (SSSR count). The van der Waals surface area contributed by atoms with Gasteiger partial charge in [-0.1, -0.05) is 0 Å². The maximum atomic E-state index is 12.1. The van der Waals surface area contributed by atoms with E-state index in [9.17, 15) is 13.5 Å². The molecule has 0 aliphatic carbocycles. The lowest BCUT2D eigenvalue weighted by atomic mass is 9.95. The largest absolute Gasteiger partial charge is 0.390 e. The van der Waals surface area contributed by atoms with Crippen LogP contribution in [0.3, 0.4) is 0 Å². The van der Waals surface area contributed by atoms with Gasteiger partial charge < -0.3 is 10.8 Å². The first-order valence-electron chi connectivity index (χ1n) is 5.93. The van der Waals surface area contributed by atoms with Gasteiger partial charge in [-0.15, -0.1) is 0 Å². The Kier molecular flexibility index (Phi) is 4.91. The van der Waals surface area contributed by atoms with E-state index >= 15 is 0 Å². The first-order valence-corrected chi connectivity index (χ1v) is 7.33. The molecule has 3 N–H and O–H groups in total. The predicted octanol–water partition coefficient (Wildman–Crippen LogP) is -0.641. The molecular formula is C10H23N3O3S. The second-order valence-electron chi connectivity index (χ2n) is 4.87. The van der Waals surface area contributed by atoms with E-state index in [0.29, 0.717) is 45.4 Å². The van der Waals surface area contributed by atoms with Gasteiger partial charge in [0.2, 0.25) is 0 Å². The first kappa shape index (κ1) is 14.8. The fourth-order valence-electron chi connectivity index (χ4n) is 1.83. The lowest BCUT2D eigenvalue weighted by molar-refractivity contribution is 0.0116. The van der Waals surface area contributed by atoms with Crippen LogP contribution < -0.4 is 5.73 Å². The summed E-state index contributed by atoms with van der Waals surface area (Å²) in [4.78, 5) is 0. The van der Waals surface area contributed by atoms with Crippen LogP contribution in [0.2, 0.25) is 0 Å². The van der Waals surface area contributed by atoms with E-state index < -0.39 is 15.8 Å². The summed E-state index contributed by atoms with van der Waals surface area (Å²) < 4.78 is 27.0. The van der Waals surface area contributed by atoms with Gasteiger partial charge in [0, 0.05) is 26.7 Å². The van der Waals surface area contributed by atoms with Crippen molar-refractivity contribution in [2.24, 2.45) is 5.73 Å². The van der Waals surface area contributed by atoms with Gasteiger partial charge in [0.15, 0.2) is 0 Å². The average Bonchev–Trinajstić information content (AvgIpc) is 2.25. The van der Waals surface area contributed by atoms with Crippen molar-refractivity contribution in [1.29, 1.82) is 0 Å². The number of rotatable bonds is 5. The molecule has 17 heavy (non-hydrogen) atoms. The van der Waals surface area contributed by atoms with Crippen molar-refractivity contribution in [3.63, 3.8) is 0 Å². The molecule has 0 bridgehead atoms. The van der Waals surface area contributed by atoms with Gasteiger partial charge in [0.25, 0.3) is 10.2 Å². The molecule has 0 amide bonds. The summed E-state index contributed by atoms with van der Waals surface area (Å²) in [5, 5.41) is 9.79. The van der Waals surface area contributed by atoms with E-state index in [2.05, 4.69) is 0 Å². The molecular weight excluding hydrogens is 242 g/mol. The third-order valence-corrected chi connectivity index (χ3v) is 5.18. The van der Waals surface area contributed by atoms with Gasteiger partial charge in [-0.25, -0.2) is 0 Å². The summed E-state index contributed by atoms with van der Waals surface area (Å²) in [5.74, 6) is 0. The molecule has 1 heterocycles. The lowest BCUT2D eigenvalue weighted by Gasteiger charge is -2.36. The predicted molar refractivity (Wildman–Crippen MR) is 66.7 cm³/mol. The highest BCUT2D eigenvalue weighted by Gasteiger charge is 2.34. The maximum absolute atomic E-state index is 12.1. The van der Waals surface area contributed by atoms with Crippen LogP contribution in [0.25, 0.3) is 0 Å². The van der Waals surface area contributed by atoms with Crippen LogP contribution in [0.4, 0.5) is 0 Å². The normalized spacial score (nSPS) is 21.9. The molecule has 1 saturated heterocycles. The Morgan fingerprint density at radius 2 is 1.94 bits per heavy atom. The number of piperidine rings is 1. The molecule has 1 aliphatic rings. The summed E-state index contributed by atoms with van der Waals surface area (Å²) in [6, 6.07) is 0. The zero-order chi connectivity index (χ0) is 13.1. The Balaban J connectivity index is 2.60. The highest BCUT2D eigenvalue weighted by molar-refractivity contribution is 7.86. The van der Waals surface area contributed by atoms with E-state index in [4.69, 9.17) is 5.73 Å². The molecule has 6 nitrogen and oxygen atoms in total. The van der Waals surface area contributed by atoms with Crippen LogP contribution in [0.5, 0.6) is 0 Å². The summed E-state index contributed by atoms with van der Waals surface area (Å²) in [6.45, 7) is 3.42. The minimum Gasteiger partial charge on any atom is -0.390 e. The minimum atomic E-state index is -3.38. The highest BCUT2D eigenvalue weighted by Crippen LogP contribution is 2.23. The zero-order valence-corrected chi connectivity index (χ0v) is 11.4. The van der Waals surface area contributed by atoms with Gasteiger partial charge in [-0.2, -0.15) is 17.0 Å². The van der Waals surface area contributed by atoms with Crippen molar-refractivity contribution in [3.05, 3.63) is 0 Å². The van der Waals surface area contributed by atoms with Crippen LogP contribution in [0.15, 0.2) is 0 Å². The summed E-state index contributed by atoms with van der Waals surface area (Å²) >= 11 is 0. The smallest absolute Gasteiger partial charge is 0.281 e. The fraction of sp³-hybridized carbons (Fsp3) is 1.00. The van der Waals surface area contributed by atoms with Crippen molar-refractivity contribution in [1.82, 2.24) is 8.61 Å². The molecule has 0 unspecified atom stereocenters. The standard InChI is InChI=1S/C10H23N3O3S/c1-10(14)4-8-13(9-5-10)17(15,16)12(2)7-3-6-11/h14H,3-9,11H2,1-2H3. The van der Waals surface area contributed by atoms with Gasteiger partial charge in [0.1, 0.15) is 0 Å². The third kappa shape index (κ3) is 3.89. The van der Waals surface area contributed by atoms with Crippen molar-refractivity contribution in [2.75, 3.05) is 33.2 Å². The lowest BCUT2D eigenvalue weighted by Crippen LogP contribution is -2.49. The molecule has 0 radical (unpaired) electrons. The second kappa shape index (κ2) is 5.62. The molecule has 102 valence electrons. The highest BCUT2D eigenvalue weighted by atomic mass is 32.2. The molecule has 0 saturated carbocycles. The zero-order valence-electron chi connectivity index (χ0n) is 10.6. The third-order valence-electron chi connectivity index (χ3n) is 3.20. The number of nitrogens with zero attached hydrogens (tertiary/aromatic N) is 2. The van der Waals surface area contributed by atoms with Crippen LogP contribution >= 0.6 is 0 Å². The van der Waals surface area contributed by atoms with Crippen LogP contribution in [-0.2, 0) is 10.2 Å². The van der Waals surface area contributed by atoms with E-state index in [1.54, 1.807) is 14.0 Å². The van der Waals surface area contributed by atoms with Gasteiger partial charge in [0.05, 0.1) is 5.60 Å². The number of hydrogen-bond donors (Lipinski definition) is 2. The number of aliphatic hydroxyl groups is 1. The van der Waals surface area contributed by atoms with E-state index in [0.717, 1.165) is 0 Å². The van der Waals surface area contributed by atoms with E-state index in [1.165, 1.54) is 8.61 Å². The molecule has 0 spiro atoms. The molecule has 0 aromatic heterocycles. The van der Waals surface area contributed by atoms with E-state index in [-0.39, 0.29) is 0 Å². The van der Waals surface area contributed by atoms with Gasteiger partial charge in [-0.05, 0) is 32.7 Å². The molecule has 0 aromatic carbocycles. The van der Waals surface area contributed by atoms with Crippen LogP contribution in [0, 0.1) is 0 Å². The Hall–Kier alpha value is -0.210. The van der Waals surface area contributed by atoms with Crippen LogP contribution in [-0.4, -0.2) is 61.0 Å². The summed E-state index contributed by atoms with van der Waals surface area (Å²) in [6.07, 6.45) is 1.62. The Morgan fingerprint density at radius 1 is 1.41 bits per heavy atom. The monoisotopic (exact) mass is 265 g/mol.